The van der Waals surface area contributed by atoms with E-state index in [9.17, 15) is 43.2 Å². The minimum absolute atomic E-state index is 0.108. The van der Waals surface area contributed by atoms with Gasteiger partial charge in [-0.3, -0.25) is 37.3 Å². The second-order valence-electron chi connectivity index (χ2n) is 32.6. The van der Waals surface area contributed by atoms with Crippen molar-refractivity contribution in [3.8, 4) is 0 Å². The summed E-state index contributed by atoms with van der Waals surface area (Å²) in [5, 5.41) is 10.7. The molecule has 0 aliphatic heterocycles. The summed E-state index contributed by atoms with van der Waals surface area (Å²) >= 11 is 0. The van der Waals surface area contributed by atoms with Crippen LogP contribution in [-0.4, -0.2) is 96.7 Å². The van der Waals surface area contributed by atoms with Crippen LogP contribution in [0.1, 0.15) is 490 Å². The van der Waals surface area contributed by atoms with Crippen LogP contribution in [0.4, 0.5) is 0 Å². The minimum atomic E-state index is -4.97. The van der Waals surface area contributed by atoms with Gasteiger partial charge in [-0.05, 0) is 31.6 Å². The molecule has 0 aromatic rings. The first-order valence-corrected chi connectivity index (χ1v) is 49.7. The minimum Gasteiger partial charge on any atom is -0.462 e. The van der Waals surface area contributed by atoms with Crippen molar-refractivity contribution in [1.82, 2.24) is 0 Å². The van der Waals surface area contributed by atoms with E-state index in [1.165, 1.54) is 315 Å². The smallest absolute Gasteiger partial charge is 0.462 e. The molecule has 0 aromatic heterocycles. The number of aliphatic hydroxyl groups is 1. The number of carbonyl (C=O) groups excluding carboxylic acids is 4. The van der Waals surface area contributed by atoms with Gasteiger partial charge < -0.3 is 33.8 Å². The van der Waals surface area contributed by atoms with Gasteiger partial charge in [0.2, 0.25) is 0 Å². The van der Waals surface area contributed by atoms with Crippen LogP contribution in [0, 0.1) is 5.92 Å². The summed E-state index contributed by atoms with van der Waals surface area (Å²) in [6.45, 7) is 7.39. The number of unbranched alkanes of at least 4 members (excludes halogenated alkanes) is 61. The van der Waals surface area contributed by atoms with Crippen molar-refractivity contribution >= 4 is 39.5 Å². The molecular weight excluding hydrogens is 1410 g/mol. The number of hydrogen-bond acceptors (Lipinski definition) is 15. The summed E-state index contributed by atoms with van der Waals surface area (Å²) in [7, 11) is -9.93. The second kappa shape index (κ2) is 82.6. The lowest BCUT2D eigenvalue weighted by molar-refractivity contribution is -0.161. The maximum atomic E-state index is 13.2. The summed E-state index contributed by atoms with van der Waals surface area (Å²) in [6, 6.07) is 0. The topological polar surface area (TPSA) is 237 Å². The van der Waals surface area contributed by atoms with E-state index in [0.717, 1.165) is 95.8 Å². The molecule has 0 spiro atoms. The van der Waals surface area contributed by atoms with Gasteiger partial charge in [-0.2, -0.15) is 0 Å². The molecule has 0 radical (unpaired) electrons. The van der Waals surface area contributed by atoms with E-state index in [-0.39, 0.29) is 25.7 Å². The Morgan fingerprint density at radius 2 is 0.440 bits per heavy atom. The Labute approximate surface area is 670 Å². The zero-order valence-corrected chi connectivity index (χ0v) is 73.5. The van der Waals surface area contributed by atoms with Crippen LogP contribution in [0.3, 0.4) is 0 Å². The summed E-state index contributed by atoms with van der Waals surface area (Å²) in [5.41, 5.74) is 0. The highest BCUT2D eigenvalue weighted by Crippen LogP contribution is 2.45. The van der Waals surface area contributed by atoms with E-state index >= 15 is 0 Å². The third-order valence-electron chi connectivity index (χ3n) is 21.6. The lowest BCUT2D eigenvalue weighted by Crippen LogP contribution is -2.30. The number of ether oxygens (including phenoxy) is 4. The Balaban J connectivity index is 5.24. The number of phosphoric acid groups is 2. The fourth-order valence-electron chi connectivity index (χ4n) is 14.1. The van der Waals surface area contributed by atoms with Gasteiger partial charge in [0.1, 0.15) is 19.3 Å². The Morgan fingerprint density at radius 3 is 0.651 bits per heavy atom. The first kappa shape index (κ1) is 107. The Morgan fingerprint density at radius 1 is 0.257 bits per heavy atom. The molecule has 3 unspecified atom stereocenters. The monoisotopic (exact) mass is 1590 g/mol. The molecule has 0 aliphatic carbocycles. The van der Waals surface area contributed by atoms with Crippen molar-refractivity contribution in [3.05, 3.63) is 0 Å². The van der Waals surface area contributed by atoms with Crippen LogP contribution < -0.4 is 0 Å². The highest BCUT2D eigenvalue weighted by Gasteiger charge is 2.31. The fourth-order valence-corrected chi connectivity index (χ4v) is 15.7. The molecule has 0 aliphatic rings. The second-order valence-corrected chi connectivity index (χ2v) is 35.5. The number of hydrogen-bond donors (Lipinski definition) is 3. The summed E-state index contributed by atoms with van der Waals surface area (Å²) in [6.07, 6.45) is 77.9. The molecule has 3 N–H and O–H groups in total. The first-order chi connectivity index (χ1) is 53.1. The summed E-state index contributed by atoms with van der Waals surface area (Å²) in [5.74, 6) is -1.32. The van der Waals surface area contributed by atoms with Gasteiger partial charge in [-0.15, -0.1) is 0 Å². The predicted molar refractivity (Wildman–Crippen MR) is 451 cm³/mol. The third kappa shape index (κ3) is 82.4. The van der Waals surface area contributed by atoms with E-state index in [1.54, 1.807) is 0 Å². The van der Waals surface area contributed by atoms with Crippen molar-refractivity contribution in [3.63, 3.8) is 0 Å². The van der Waals surface area contributed by atoms with Gasteiger partial charge in [0.05, 0.1) is 26.4 Å². The van der Waals surface area contributed by atoms with E-state index in [1.807, 2.05) is 0 Å². The maximum absolute atomic E-state index is 13.2. The SMILES string of the molecule is CCCCCCCCCCCCCCCCCCCCCCCCC(=O)O[C@H](COC(=O)CCCCCCCCCCCCCCCCCCCCCC)COP(=O)(O)OC[C@@H](O)COP(=O)(O)OC[C@@H](COC(=O)CCCCCCCCCCC(C)CC)OC(=O)CCCCCCCCCCCCCCCCC. The summed E-state index contributed by atoms with van der Waals surface area (Å²) in [4.78, 5) is 73.4. The number of carbonyl (C=O) groups is 4. The molecule has 0 saturated carbocycles. The van der Waals surface area contributed by atoms with Gasteiger partial charge in [-0.25, -0.2) is 9.13 Å². The third-order valence-corrected chi connectivity index (χ3v) is 23.5. The molecule has 0 bridgehead atoms. The van der Waals surface area contributed by atoms with Crippen molar-refractivity contribution in [2.24, 2.45) is 5.92 Å². The lowest BCUT2D eigenvalue weighted by atomic mass is 9.99. The first-order valence-electron chi connectivity index (χ1n) is 46.7. The zero-order valence-electron chi connectivity index (χ0n) is 71.7. The van der Waals surface area contributed by atoms with Gasteiger partial charge in [0.15, 0.2) is 12.2 Å². The normalized spacial score (nSPS) is 13.9. The van der Waals surface area contributed by atoms with Gasteiger partial charge in [-0.1, -0.05) is 439 Å². The highest BCUT2D eigenvalue weighted by molar-refractivity contribution is 7.47. The van der Waals surface area contributed by atoms with Crippen molar-refractivity contribution < 1.29 is 80.2 Å². The average Bonchev–Trinajstić information content (AvgIpc) is 0.899. The molecule has 0 heterocycles. The van der Waals surface area contributed by atoms with Crippen LogP contribution in [0.2, 0.25) is 0 Å². The molecule has 109 heavy (non-hydrogen) atoms. The molecule has 6 atom stereocenters. The average molecular weight is 1590 g/mol. The van der Waals surface area contributed by atoms with Crippen LogP contribution in [-0.2, 0) is 65.4 Å². The fraction of sp³-hybridized carbons (Fsp3) is 0.956. The van der Waals surface area contributed by atoms with E-state index < -0.39 is 97.5 Å². The zero-order chi connectivity index (χ0) is 79.7. The van der Waals surface area contributed by atoms with E-state index in [0.29, 0.717) is 25.7 Å². The van der Waals surface area contributed by atoms with Crippen LogP contribution in [0.15, 0.2) is 0 Å². The van der Waals surface area contributed by atoms with Gasteiger partial charge in [0.25, 0.3) is 0 Å². The maximum Gasteiger partial charge on any atom is 0.472 e. The molecule has 19 heteroatoms. The molecule has 648 valence electrons. The van der Waals surface area contributed by atoms with Crippen LogP contribution in [0.25, 0.3) is 0 Å². The quantitative estimate of drug-likeness (QED) is 0.0222. The van der Waals surface area contributed by atoms with E-state index in [2.05, 4.69) is 34.6 Å². The van der Waals surface area contributed by atoms with Crippen molar-refractivity contribution in [2.45, 2.75) is 509 Å². The number of rotatable bonds is 90. The number of esters is 4. The standard InChI is InChI=1S/C90H176O17P2/c1-6-10-13-16-19-22-25-28-31-33-35-37-38-40-42-45-48-51-54-61-66-71-76-89(94)106-85(79-100-87(92)73-68-63-58-52-49-46-44-41-39-36-34-32-29-26-23-20-17-14-11-7-2)81-104-108(96,97)102-77-84(91)78-103-109(98,99)105-82-86(80-101-88(93)74-69-64-59-56-55-57-62-67-72-83(5)9-4)107-90(95)75-70-65-60-53-50-47-43-30-27-24-21-18-15-12-8-3/h83-86,91H,6-82H2,1-5H3,(H,96,97)(H,98,99)/t83?,84-,85-,86-/m1/s1. The van der Waals surface area contributed by atoms with Crippen molar-refractivity contribution in [1.29, 1.82) is 0 Å². The highest BCUT2D eigenvalue weighted by atomic mass is 31.2. The number of phosphoric ester groups is 2. The van der Waals surface area contributed by atoms with Crippen molar-refractivity contribution in [2.75, 3.05) is 39.6 Å². The van der Waals surface area contributed by atoms with Gasteiger partial charge in [0, 0.05) is 25.7 Å². The molecule has 0 fully saturated rings. The molecule has 0 aromatic carbocycles. The van der Waals surface area contributed by atoms with Crippen LogP contribution in [0.5, 0.6) is 0 Å². The van der Waals surface area contributed by atoms with Crippen LogP contribution >= 0.6 is 15.6 Å². The Hall–Kier alpha value is -1.94. The largest absolute Gasteiger partial charge is 0.472 e. The molecular formula is C90H176O17P2. The Kier molecular flexibility index (Phi) is 81.1. The molecule has 17 nitrogen and oxygen atoms in total. The van der Waals surface area contributed by atoms with E-state index in [4.69, 9.17) is 37.0 Å². The lowest BCUT2D eigenvalue weighted by Gasteiger charge is -2.21. The van der Waals surface area contributed by atoms with Gasteiger partial charge >= 0.3 is 39.5 Å². The molecule has 0 amide bonds. The summed E-state index contributed by atoms with van der Waals surface area (Å²) < 4.78 is 69.0. The predicted octanol–water partition coefficient (Wildman–Crippen LogP) is 27.9. The Bertz CT molecular complexity index is 2070. The molecule has 0 rings (SSSR count). The molecule has 0 saturated heterocycles. The number of aliphatic hydroxyl groups excluding tert-OH is 1.